The lowest BCUT2D eigenvalue weighted by atomic mass is 10.1. The monoisotopic (exact) mass is 280 g/mol. The van der Waals surface area contributed by atoms with Gasteiger partial charge in [0.1, 0.15) is 18.8 Å². The van der Waals surface area contributed by atoms with Crippen molar-refractivity contribution in [2.45, 2.75) is 0 Å². The van der Waals surface area contributed by atoms with Crippen LogP contribution in [-0.4, -0.2) is 42.8 Å². The summed E-state index contributed by atoms with van der Waals surface area (Å²) >= 11 is 0. The minimum Gasteiger partial charge on any atom is -0.495 e. The van der Waals surface area contributed by atoms with Crippen molar-refractivity contribution in [3.8, 4) is 5.75 Å². The van der Waals surface area contributed by atoms with Gasteiger partial charge in [0.25, 0.3) is 5.91 Å². The van der Waals surface area contributed by atoms with Gasteiger partial charge in [0.2, 0.25) is 11.8 Å². The Morgan fingerprint density at radius 1 is 1.15 bits per heavy atom. The van der Waals surface area contributed by atoms with Crippen molar-refractivity contribution in [2.24, 2.45) is 11.5 Å². The summed E-state index contributed by atoms with van der Waals surface area (Å²) in [6.45, 7) is -0.864. The summed E-state index contributed by atoms with van der Waals surface area (Å²) in [5.41, 5.74) is 16.1. The number of ether oxygens (including phenoxy) is 1. The van der Waals surface area contributed by atoms with Crippen LogP contribution >= 0.6 is 0 Å². The molecule has 0 bridgehead atoms. The summed E-state index contributed by atoms with van der Waals surface area (Å²) in [7, 11) is 1.41. The van der Waals surface area contributed by atoms with Gasteiger partial charge >= 0.3 is 0 Å². The van der Waals surface area contributed by atoms with Gasteiger partial charge in [-0.15, -0.1) is 0 Å². The van der Waals surface area contributed by atoms with Crippen molar-refractivity contribution >= 4 is 23.4 Å². The number of nitrogens with two attached hydrogens (primary N) is 3. The minimum absolute atomic E-state index is 0.104. The lowest BCUT2D eigenvalue weighted by molar-refractivity contribution is -0.121. The van der Waals surface area contributed by atoms with Gasteiger partial charge in [-0.2, -0.15) is 0 Å². The molecular formula is C12H16N4O4. The van der Waals surface area contributed by atoms with E-state index in [0.29, 0.717) is 5.75 Å². The van der Waals surface area contributed by atoms with E-state index in [1.807, 2.05) is 0 Å². The molecule has 1 aromatic carbocycles. The molecule has 8 heteroatoms. The standard InChI is InChI=1S/C12H16N4O4/c1-20-8-4-2-3-7(11(8)15)12(19)16(5-9(13)17)6-10(14)18/h2-4H,5-6,15H2,1H3,(H2,13,17)(H2,14,18). The van der Waals surface area contributed by atoms with Crippen molar-refractivity contribution in [1.82, 2.24) is 4.90 Å². The smallest absolute Gasteiger partial charge is 0.257 e. The zero-order valence-electron chi connectivity index (χ0n) is 11.0. The lowest BCUT2D eigenvalue weighted by Crippen LogP contribution is -2.43. The third kappa shape index (κ3) is 3.61. The van der Waals surface area contributed by atoms with Gasteiger partial charge in [-0.1, -0.05) is 6.07 Å². The average Bonchev–Trinajstić information content (AvgIpc) is 2.36. The van der Waals surface area contributed by atoms with E-state index in [-0.39, 0.29) is 11.3 Å². The molecule has 108 valence electrons. The molecule has 20 heavy (non-hydrogen) atoms. The van der Waals surface area contributed by atoms with E-state index in [0.717, 1.165) is 4.90 Å². The largest absolute Gasteiger partial charge is 0.495 e. The van der Waals surface area contributed by atoms with E-state index in [1.165, 1.54) is 13.2 Å². The van der Waals surface area contributed by atoms with Crippen LogP contribution < -0.4 is 21.9 Å². The summed E-state index contributed by atoms with van der Waals surface area (Å²) in [6.07, 6.45) is 0. The highest BCUT2D eigenvalue weighted by molar-refractivity contribution is 6.03. The Labute approximate surface area is 115 Å². The number of primary amides is 2. The lowest BCUT2D eigenvalue weighted by Gasteiger charge is -2.20. The number of carbonyl (C=O) groups is 3. The topological polar surface area (TPSA) is 142 Å². The number of anilines is 1. The number of hydrogen-bond acceptors (Lipinski definition) is 5. The highest BCUT2D eigenvalue weighted by Gasteiger charge is 2.22. The van der Waals surface area contributed by atoms with Gasteiger partial charge in [0.15, 0.2) is 0 Å². The molecule has 1 aromatic rings. The van der Waals surface area contributed by atoms with Crippen LogP contribution in [0.15, 0.2) is 18.2 Å². The van der Waals surface area contributed by atoms with Crippen LogP contribution in [0, 0.1) is 0 Å². The summed E-state index contributed by atoms with van der Waals surface area (Å²) in [5, 5.41) is 0. The fraction of sp³-hybridized carbons (Fsp3) is 0.250. The van der Waals surface area contributed by atoms with Crippen molar-refractivity contribution in [2.75, 3.05) is 25.9 Å². The van der Waals surface area contributed by atoms with Crippen LogP contribution in [0.2, 0.25) is 0 Å². The zero-order chi connectivity index (χ0) is 15.3. The van der Waals surface area contributed by atoms with Crippen molar-refractivity contribution in [3.63, 3.8) is 0 Å². The first-order chi connectivity index (χ1) is 9.36. The Bertz CT molecular complexity index is 528. The second-order valence-corrected chi connectivity index (χ2v) is 4.02. The molecule has 8 nitrogen and oxygen atoms in total. The Morgan fingerprint density at radius 3 is 2.15 bits per heavy atom. The van der Waals surface area contributed by atoms with Gasteiger partial charge in [-0.05, 0) is 12.1 Å². The maximum atomic E-state index is 12.3. The number of carbonyl (C=O) groups excluding carboxylic acids is 3. The van der Waals surface area contributed by atoms with Crippen molar-refractivity contribution < 1.29 is 19.1 Å². The molecule has 0 heterocycles. The van der Waals surface area contributed by atoms with Crippen LogP contribution in [0.1, 0.15) is 10.4 Å². The van der Waals surface area contributed by atoms with Gasteiger partial charge in [-0.25, -0.2) is 0 Å². The quantitative estimate of drug-likeness (QED) is 0.554. The molecule has 0 aliphatic rings. The second-order valence-electron chi connectivity index (χ2n) is 4.02. The first-order valence-electron chi connectivity index (χ1n) is 5.65. The predicted molar refractivity (Wildman–Crippen MR) is 71.7 cm³/mol. The third-order valence-electron chi connectivity index (χ3n) is 2.50. The molecule has 0 aliphatic heterocycles. The predicted octanol–water partition coefficient (Wildman–Crippen LogP) is -1.31. The fourth-order valence-corrected chi connectivity index (χ4v) is 1.65. The molecule has 0 aromatic heterocycles. The van der Waals surface area contributed by atoms with E-state index >= 15 is 0 Å². The Hall–Kier alpha value is -2.77. The molecule has 3 amide bonds. The van der Waals surface area contributed by atoms with Gasteiger partial charge in [-0.3, -0.25) is 14.4 Å². The first-order valence-corrected chi connectivity index (χ1v) is 5.65. The maximum absolute atomic E-state index is 12.3. The number of nitrogens with zero attached hydrogens (tertiary/aromatic N) is 1. The maximum Gasteiger partial charge on any atom is 0.257 e. The fourth-order valence-electron chi connectivity index (χ4n) is 1.65. The molecule has 0 fully saturated rings. The summed E-state index contributed by atoms with van der Waals surface area (Å²) < 4.78 is 5.00. The van der Waals surface area contributed by atoms with Gasteiger partial charge < -0.3 is 26.8 Å². The summed E-state index contributed by atoms with van der Waals surface area (Å²) in [6, 6.07) is 4.60. The number of benzene rings is 1. The number of methoxy groups -OCH3 is 1. The van der Waals surface area contributed by atoms with Crippen molar-refractivity contribution in [3.05, 3.63) is 23.8 Å². The summed E-state index contributed by atoms with van der Waals surface area (Å²) in [5.74, 6) is -1.84. The number of nitrogen functional groups attached to an aromatic ring is 1. The Kier molecular flexibility index (Phi) is 4.90. The van der Waals surface area contributed by atoms with Crippen LogP contribution in [-0.2, 0) is 9.59 Å². The second kappa shape index (κ2) is 6.41. The molecule has 0 aliphatic carbocycles. The van der Waals surface area contributed by atoms with Crippen LogP contribution in [0.4, 0.5) is 5.69 Å². The van der Waals surface area contributed by atoms with E-state index < -0.39 is 30.8 Å². The molecule has 0 atom stereocenters. The number of amides is 3. The zero-order valence-corrected chi connectivity index (χ0v) is 11.0. The molecule has 6 N–H and O–H groups in total. The van der Waals surface area contributed by atoms with Crippen LogP contribution in [0.3, 0.4) is 0 Å². The van der Waals surface area contributed by atoms with Gasteiger partial charge in [0, 0.05) is 0 Å². The molecular weight excluding hydrogens is 264 g/mol. The van der Waals surface area contributed by atoms with Crippen LogP contribution in [0.5, 0.6) is 5.75 Å². The molecule has 1 rings (SSSR count). The van der Waals surface area contributed by atoms with Crippen molar-refractivity contribution in [1.29, 1.82) is 0 Å². The number of para-hydroxylation sites is 1. The molecule has 0 unspecified atom stereocenters. The van der Waals surface area contributed by atoms with E-state index in [1.54, 1.807) is 12.1 Å². The number of hydrogen-bond donors (Lipinski definition) is 3. The Balaban J connectivity index is 3.11. The number of rotatable bonds is 6. The minimum atomic E-state index is -0.763. The molecule has 0 spiro atoms. The normalized spacial score (nSPS) is 9.85. The SMILES string of the molecule is COc1cccc(C(=O)N(CC(N)=O)CC(N)=O)c1N. The summed E-state index contributed by atoms with van der Waals surface area (Å²) in [4.78, 5) is 35.1. The molecule has 0 radical (unpaired) electrons. The highest BCUT2D eigenvalue weighted by Crippen LogP contribution is 2.25. The first kappa shape index (κ1) is 15.3. The highest BCUT2D eigenvalue weighted by atomic mass is 16.5. The molecule has 0 saturated heterocycles. The molecule has 0 saturated carbocycles. The average molecular weight is 280 g/mol. The Morgan fingerprint density at radius 2 is 1.70 bits per heavy atom. The van der Waals surface area contributed by atoms with E-state index in [4.69, 9.17) is 21.9 Å². The van der Waals surface area contributed by atoms with E-state index in [9.17, 15) is 14.4 Å². The van der Waals surface area contributed by atoms with E-state index in [2.05, 4.69) is 0 Å². The third-order valence-corrected chi connectivity index (χ3v) is 2.50. The van der Waals surface area contributed by atoms with Crippen LogP contribution in [0.25, 0.3) is 0 Å². The van der Waals surface area contributed by atoms with Gasteiger partial charge in [0.05, 0.1) is 18.4 Å².